The molecule has 0 aliphatic carbocycles. The number of likely N-dealkylation sites (tertiary alicyclic amines) is 1. The molecule has 0 bridgehead atoms. The Bertz CT molecular complexity index is 987. The second-order valence-corrected chi connectivity index (χ2v) is 9.81. The second-order valence-electron chi connectivity index (χ2n) is 8.04. The Kier molecular flexibility index (Phi) is 8.63. The summed E-state index contributed by atoms with van der Waals surface area (Å²) in [7, 11) is -3.83. The van der Waals surface area contributed by atoms with Crippen LogP contribution in [0.4, 0.5) is 0 Å². The van der Waals surface area contributed by atoms with Gasteiger partial charge in [0.15, 0.2) is 0 Å². The van der Waals surface area contributed by atoms with Gasteiger partial charge in [-0.05, 0) is 62.7 Å². The third-order valence-electron chi connectivity index (χ3n) is 5.58. The van der Waals surface area contributed by atoms with Gasteiger partial charge in [0.1, 0.15) is 18.4 Å². The van der Waals surface area contributed by atoms with Gasteiger partial charge >= 0.3 is 0 Å². The molecule has 8 nitrogen and oxygen atoms in total. The number of hydroxylamine groups is 1. The largest absolute Gasteiger partial charge is 0.489 e. The van der Waals surface area contributed by atoms with E-state index in [9.17, 15) is 13.2 Å². The molecule has 0 aromatic heterocycles. The van der Waals surface area contributed by atoms with E-state index in [0.717, 1.165) is 36.8 Å². The maximum atomic E-state index is 12.8. The summed E-state index contributed by atoms with van der Waals surface area (Å²) >= 11 is 0. The van der Waals surface area contributed by atoms with Crippen molar-refractivity contribution in [2.24, 2.45) is 0 Å². The predicted octanol–water partition coefficient (Wildman–Crippen LogP) is 2.60. The SMILES string of the molecule is Cc1cccc(COc2ccc(S(=O)(=O)NC[C@@H](C(=O)NO)N3CCCCCC3)cc2)c1. The molecule has 2 aromatic carbocycles. The summed E-state index contributed by atoms with van der Waals surface area (Å²) in [4.78, 5) is 14.2. The number of rotatable bonds is 9. The lowest BCUT2D eigenvalue weighted by molar-refractivity contribution is -0.134. The fourth-order valence-corrected chi connectivity index (χ4v) is 4.86. The molecular weight excluding hydrogens is 430 g/mol. The quantitative estimate of drug-likeness (QED) is 0.391. The van der Waals surface area contributed by atoms with Crippen molar-refractivity contribution in [3.05, 3.63) is 59.7 Å². The topological polar surface area (TPSA) is 108 Å². The van der Waals surface area contributed by atoms with Crippen LogP contribution in [0.25, 0.3) is 0 Å². The van der Waals surface area contributed by atoms with Crippen LogP contribution in [0.3, 0.4) is 0 Å². The molecule has 1 aliphatic heterocycles. The predicted molar refractivity (Wildman–Crippen MR) is 121 cm³/mol. The van der Waals surface area contributed by atoms with Crippen molar-refractivity contribution in [3.63, 3.8) is 0 Å². The molecular formula is C23H31N3O5S. The molecule has 0 spiro atoms. The number of amides is 1. The van der Waals surface area contributed by atoms with Gasteiger partial charge in [-0.3, -0.25) is 14.9 Å². The van der Waals surface area contributed by atoms with E-state index in [0.29, 0.717) is 25.4 Å². The average molecular weight is 462 g/mol. The van der Waals surface area contributed by atoms with Gasteiger partial charge in [0.2, 0.25) is 10.0 Å². The number of aryl methyl sites for hydroxylation is 1. The summed E-state index contributed by atoms with van der Waals surface area (Å²) in [6.07, 6.45) is 4.03. The highest BCUT2D eigenvalue weighted by Gasteiger charge is 2.28. The van der Waals surface area contributed by atoms with Gasteiger partial charge < -0.3 is 4.74 Å². The number of nitrogens with one attached hydrogen (secondary N) is 2. The van der Waals surface area contributed by atoms with Crippen LogP contribution < -0.4 is 14.9 Å². The lowest BCUT2D eigenvalue weighted by Gasteiger charge is -2.28. The molecule has 1 aliphatic rings. The average Bonchev–Trinajstić information content (AvgIpc) is 3.07. The third kappa shape index (κ3) is 6.77. The molecule has 1 heterocycles. The lowest BCUT2D eigenvalue weighted by atomic mass is 10.1. The summed E-state index contributed by atoms with van der Waals surface area (Å²) in [6, 6.07) is 13.4. The fraction of sp³-hybridized carbons (Fsp3) is 0.435. The summed E-state index contributed by atoms with van der Waals surface area (Å²) in [6.45, 7) is 3.65. The standard InChI is InChI=1S/C23H31N3O5S/c1-18-7-6-8-19(15-18)17-31-20-9-11-21(12-10-20)32(29,30)24-16-22(23(27)25-28)26-13-4-2-3-5-14-26/h6-12,15,22,24,28H,2-5,13-14,16-17H2,1H3,(H,25,27)/t22-/m0/s1. The minimum Gasteiger partial charge on any atom is -0.489 e. The molecule has 1 saturated heterocycles. The molecule has 0 saturated carbocycles. The minimum atomic E-state index is -3.83. The zero-order valence-corrected chi connectivity index (χ0v) is 19.1. The molecule has 9 heteroatoms. The number of carbonyl (C=O) groups is 1. The van der Waals surface area contributed by atoms with Gasteiger partial charge in [0, 0.05) is 6.54 Å². The maximum Gasteiger partial charge on any atom is 0.262 e. The number of hydrogen-bond donors (Lipinski definition) is 3. The maximum absolute atomic E-state index is 12.8. The molecule has 3 rings (SSSR count). The first-order chi connectivity index (χ1) is 15.4. The smallest absolute Gasteiger partial charge is 0.262 e. The van der Waals surface area contributed by atoms with Crippen LogP contribution in [0.5, 0.6) is 5.75 Å². The monoisotopic (exact) mass is 461 g/mol. The minimum absolute atomic E-state index is 0.0828. The Morgan fingerprint density at radius 2 is 1.78 bits per heavy atom. The Morgan fingerprint density at radius 3 is 2.41 bits per heavy atom. The molecule has 1 fully saturated rings. The van der Waals surface area contributed by atoms with E-state index in [1.165, 1.54) is 12.1 Å². The molecule has 174 valence electrons. The van der Waals surface area contributed by atoms with Gasteiger partial charge in [0.05, 0.1) is 4.90 Å². The highest BCUT2D eigenvalue weighted by atomic mass is 32.2. The number of sulfonamides is 1. The number of ether oxygens (including phenoxy) is 1. The van der Waals surface area contributed by atoms with Gasteiger partial charge in [-0.1, -0.05) is 42.7 Å². The Balaban J connectivity index is 1.61. The van der Waals surface area contributed by atoms with Crippen molar-refractivity contribution < 1.29 is 23.2 Å². The van der Waals surface area contributed by atoms with Crippen molar-refractivity contribution in [1.82, 2.24) is 15.1 Å². The number of hydrogen-bond acceptors (Lipinski definition) is 6. The highest BCUT2D eigenvalue weighted by molar-refractivity contribution is 7.89. The molecule has 3 N–H and O–H groups in total. The normalized spacial score (nSPS) is 16.2. The van der Waals surface area contributed by atoms with Gasteiger partial charge in [-0.15, -0.1) is 0 Å². The first-order valence-corrected chi connectivity index (χ1v) is 12.3. The summed E-state index contributed by atoms with van der Waals surface area (Å²) in [5, 5.41) is 9.11. The summed E-state index contributed by atoms with van der Waals surface area (Å²) in [5.74, 6) is -0.0537. The Hall–Kier alpha value is -2.46. The van der Waals surface area contributed by atoms with Gasteiger partial charge in [0.25, 0.3) is 5.91 Å². The van der Waals surface area contributed by atoms with Crippen LogP contribution in [0.15, 0.2) is 53.4 Å². The van der Waals surface area contributed by atoms with E-state index in [1.807, 2.05) is 36.1 Å². The zero-order valence-electron chi connectivity index (χ0n) is 18.3. The number of benzene rings is 2. The van der Waals surface area contributed by atoms with Crippen molar-refractivity contribution in [1.29, 1.82) is 0 Å². The van der Waals surface area contributed by atoms with E-state index < -0.39 is 22.0 Å². The molecule has 32 heavy (non-hydrogen) atoms. The second kappa shape index (κ2) is 11.4. The molecule has 2 aromatic rings. The van der Waals surface area contributed by atoms with Crippen LogP contribution in [0.2, 0.25) is 0 Å². The lowest BCUT2D eigenvalue weighted by Crippen LogP contribution is -2.52. The first-order valence-electron chi connectivity index (χ1n) is 10.8. The van der Waals surface area contributed by atoms with Crippen LogP contribution in [0, 0.1) is 6.92 Å². The number of carbonyl (C=O) groups excluding carboxylic acids is 1. The molecule has 1 amide bonds. The van der Waals surface area contributed by atoms with Crippen molar-refractivity contribution in [2.75, 3.05) is 19.6 Å². The summed E-state index contributed by atoms with van der Waals surface area (Å²) < 4.78 is 33.8. The van der Waals surface area contributed by atoms with Crippen LogP contribution >= 0.6 is 0 Å². The van der Waals surface area contributed by atoms with E-state index in [2.05, 4.69) is 4.72 Å². The van der Waals surface area contributed by atoms with Crippen molar-refractivity contribution >= 4 is 15.9 Å². The first kappa shape index (κ1) is 24.2. The highest BCUT2D eigenvalue weighted by Crippen LogP contribution is 2.18. The van der Waals surface area contributed by atoms with Gasteiger partial charge in [-0.2, -0.15) is 0 Å². The molecule has 0 unspecified atom stereocenters. The van der Waals surface area contributed by atoms with Crippen LogP contribution in [-0.2, 0) is 21.4 Å². The van der Waals surface area contributed by atoms with E-state index in [4.69, 9.17) is 9.94 Å². The van der Waals surface area contributed by atoms with E-state index >= 15 is 0 Å². The van der Waals surface area contributed by atoms with Crippen LogP contribution in [0.1, 0.15) is 36.8 Å². The fourth-order valence-electron chi connectivity index (χ4n) is 3.82. The van der Waals surface area contributed by atoms with Crippen LogP contribution in [-0.4, -0.2) is 50.1 Å². The summed E-state index contributed by atoms with van der Waals surface area (Å²) in [5.41, 5.74) is 3.84. The zero-order chi connectivity index (χ0) is 23.0. The van der Waals surface area contributed by atoms with Crippen molar-refractivity contribution in [3.8, 4) is 5.75 Å². The van der Waals surface area contributed by atoms with Gasteiger partial charge in [-0.25, -0.2) is 18.6 Å². The van der Waals surface area contributed by atoms with E-state index in [1.54, 1.807) is 17.6 Å². The molecule has 1 atom stereocenters. The Labute approximate surface area is 189 Å². The molecule has 0 radical (unpaired) electrons. The number of nitrogens with zero attached hydrogens (tertiary/aromatic N) is 1. The van der Waals surface area contributed by atoms with E-state index in [-0.39, 0.29) is 11.4 Å². The third-order valence-corrected chi connectivity index (χ3v) is 7.02. The Morgan fingerprint density at radius 1 is 1.09 bits per heavy atom. The van der Waals surface area contributed by atoms with Crippen molar-refractivity contribution in [2.45, 2.75) is 50.2 Å².